The van der Waals surface area contributed by atoms with Crippen molar-refractivity contribution in [1.29, 1.82) is 5.26 Å². The fourth-order valence-electron chi connectivity index (χ4n) is 1.37. The first-order chi connectivity index (χ1) is 8.30. The number of alkyl halides is 3. The lowest BCUT2D eigenvalue weighted by Gasteiger charge is -2.10. The van der Waals surface area contributed by atoms with Crippen molar-refractivity contribution in [2.45, 2.75) is 32.5 Å². The van der Waals surface area contributed by atoms with E-state index in [1.807, 2.05) is 13.8 Å². The molecule has 1 unspecified atom stereocenters. The van der Waals surface area contributed by atoms with Crippen LogP contribution in [0.2, 0.25) is 0 Å². The molecule has 0 fully saturated rings. The second-order valence-corrected chi connectivity index (χ2v) is 3.89. The van der Waals surface area contributed by atoms with Gasteiger partial charge in [-0.2, -0.15) is 23.5 Å². The maximum absolute atomic E-state index is 12.1. The van der Waals surface area contributed by atoms with Gasteiger partial charge in [0.1, 0.15) is 24.0 Å². The molecule has 18 heavy (non-hydrogen) atoms. The summed E-state index contributed by atoms with van der Waals surface area (Å²) in [6.45, 7) is 2.46. The van der Waals surface area contributed by atoms with Crippen LogP contribution in [0.15, 0.2) is 0 Å². The Kier molecular flexibility index (Phi) is 4.06. The summed E-state index contributed by atoms with van der Waals surface area (Å²) in [6, 6.07) is 1.68. The van der Waals surface area contributed by atoms with Crippen molar-refractivity contribution in [3.63, 3.8) is 0 Å². The number of nitriles is 1. The first-order valence-electron chi connectivity index (χ1n) is 5.38. The van der Waals surface area contributed by atoms with Crippen LogP contribution in [0.4, 0.5) is 24.8 Å². The van der Waals surface area contributed by atoms with Crippen molar-refractivity contribution in [3.8, 4) is 6.07 Å². The van der Waals surface area contributed by atoms with Gasteiger partial charge in [0.05, 0.1) is 6.04 Å². The van der Waals surface area contributed by atoms with Crippen LogP contribution in [-0.2, 0) is 0 Å². The third kappa shape index (κ3) is 3.06. The van der Waals surface area contributed by atoms with Crippen LogP contribution in [0, 0.1) is 11.3 Å². The van der Waals surface area contributed by atoms with E-state index in [-0.39, 0.29) is 23.2 Å². The Labute approximate surface area is 102 Å². The van der Waals surface area contributed by atoms with Crippen molar-refractivity contribution in [2.75, 3.05) is 17.6 Å². The Morgan fingerprint density at radius 3 is 2.61 bits per heavy atom. The number of nitrogens with two attached hydrogens (primary N) is 1. The number of anilines is 2. The fourth-order valence-corrected chi connectivity index (χ4v) is 1.37. The molecule has 1 aromatic rings. The highest BCUT2D eigenvalue weighted by molar-refractivity contribution is 5.63. The highest BCUT2D eigenvalue weighted by atomic mass is 19.4. The summed E-state index contributed by atoms with van der Waals surface area (Å²) in [6.07, 6.45) is -3.67. The number of aromatic nitrogens is 2. The Morgan fingerprint density at radius 2 is 2.17 bits per heavy atom. The van der Waals surface area contributed by atoms with Crippen LogP contribution in [0.5, 0.6) is 0 Å². The molecule has 0 aliphatic carbocycles. The van der Waals surface area contributed by atoms with Gasteiger partial charge in [0, 0.05) is 0 Å². The van der Waals surface area contributed by atoms with E-state index in [1.54, 1.807) is 6.07 Å². The number of halogens is 3. The molecule has 0 saturated heterocycles. The SMILES string of the molecule is CCC(C)n1nc(NCC(F)(F)F)c(C#N)c1N. The maximum atomic E-state index is 12.1. The predicted molar refractivity (Wildman–Crippen MR) is 60.9 cm³/mol. The van der Waals surface area contributed by atoms with Gasteiger partial charge in [0.2, 0.25) is 0 Å². The zero-order valence-corrected chi connectivity index (χ0v) is 10.0. The molecule has 100 valence electrons. The first-order valence-corrected chi connectivity index (χ1v) is 5.38. The van der Waals surface area contributed by atoms with Gasteiger partial charge in [-0.15, -0.1) is 0 Å². The van der Waals surface area contributed by atoms with Crippen molar-refractivity contribution in [2.24, 2.45) is 0 Å². The Hall–Kier alpha value is -1.91. The summed E-state index contributed by atoms with van der Waals surface area (Å²) in [7, 11) is 0. The lowest BCUT2D eigenvalue weighted by atomic mass is 10.2. The number of hydrogen-bond donors (Lipinski definition) is 2. The van der Waals surface area contributed by atoms with E-state index in [9.17, 15) is 13.2 Å². The summed E-state index contributed by atoms with van der Waals surface area (Å²) in [4.78, 5) is 0. The Morgan fingerprint density at radius 1 is 1.56 bits per heavy atom. The third-order valence-electron chi connectivity index (χ3n) is 2.52. The average molecular weight is 261 g/mol. The predicted octanol–water partition coefficient (Wildman–Crippen LogP) is 2.28. The van der Waals surface area contributed by atoms with Crippen LogP contribution < -0.4 is 11.1 Å². The lowest BCUT2D eigenvalue weighted by Crippen LogP contribution is -2.22. The molecular weight excluding hydrogens is 247 g/mol. The van der Waals surface area contributed by atoms with Crippen LogP contribution in [0.1, 0.15) is 31.9 Å². The van der Waals surface area contributed by atoms with E-state index < -0.39 is 12.7 Å². The van der Waals surface area contributed by atoms with Gasteiger partial charge in [0.25, 0.3) is 0 Å². The lowest BCUT2D eigenvalue weighted by molar-refractivity contribution is -0.115. The molecule has 3 N–H and O–H groups in total. The maximum Gasteiger partial charge on any atom is 0.405 e. The highest BCUT2D eigenvalue weighted by Gasteiger charge is 2.28. The molecule has 1 heterocycles. The quantitative estimate of drug-likeness (QED) is 0.871. The van der Waals surface area contributed by atoms with Crippen LogP contribution in [-0.4, -0.2) is 22.5 Å². The molecule has 0 radical (unpaired) electrons. The van der Waals surface area contributed by atoms with E-state index >= 15 is 0 Å². The first kappa shape index (κ1) is 14.2. The number of rotatable bonds is 4. The molecule has 1 aromatic heterocycles. The third-order valence-corrected chi connectivity index (χ3v) is 2.52. The summed E-state index contributed by atoms with van der Waals surface area (Å²) in [5, 5.41) is 14.9. The number of nitrogens with one attached hydrogen (secondary N) is 1. The topological polar surface area (TPSA) is 79.7 Å². The molecule has 5 nitrogen and oxygen atoms in total. The van der Waals surface area contributed by atoms with E-state index in [2.05, 4.69) is 10.4 Å². The number of nitrogen functional groups attached to an aromatic ring is 1. The van der Waals surface area contributed by atoms with Gasteiger partial charge in [-0.25, -0.2) is 4.68 Å². The normalized spacial score (nSPS) is 13.1. The van der Waals surface area contributed by atoms with Gasteiger partial charge >= 0.3 is 6.18 Å². The van der Waals surface area contributed by atoms with Crippen LogP contribution in [0.3, 0.4) is 0 Å². The molecule has 8 heteroatoms. The molecule has 0 aliphatic heterocycles. The number of hydrogen-bond acceptors (Lipinski definition) is 4. The molecular formula is C10H14F3N5. The second-order valence-electron chi connectivity index (χ2n) is 3.89. The summed E-state index contributed by atoms with van der Waals surface area (Å²) in [5.41, 5.74) is 5.63. The van der Waals surface area contributed by atoms with Crippen molar-refractivity contribution < 1.29 is 13.2 Å². The van der Waals surface area contributed by atoms with Gasteiger partial charge in [-0.1, -0.05) is 6.92 Å². The molecule has 0 aliphatic rings. The average Bonchev–Trinajstić information content (AvgIpc) is 2.61. The van der Waals surface area contributed by atoms with E-state index in [0.29, 0.717) is 6.42 Å². The minimum absolute atomic E-state index is 0.0560. The molecule has 1 atom stereocenters. The van der Waals surface area contributed by atoms with Gasteiger partial charge in [-0.05, 0) is 13.3 Å². The van der Waals surface area contributed by atoms with Crippen molar-refractivity contribution >= 4 is 11.6 Å². The molecule has 1 rings (SSSR count). The second kappa shape index (κ2) is 5.16. The molecule has 0 aromatic carbocycles. The monoisotopic (exact) mass is 261 g/mol. The van der Waals surface area contributed by atoms with Crippen LogP contribution >= 0.6 is 0 Å². The van der Waals surface area contributed by atoms with Crippen molar-refractivity contribution in [1.82, 2.24) is 9.78 Å². The standard InChI is InChI=1S/C10H14F3N5/c1-3-6(2)18-8(15)7(4-14)9(17-18)16-5-10(11,12)13/h6H,3,5,15H2,1-2H3,(H,16,17). The van der Waals surface area contributed by atoms with Gasteiger partial charge in [0.15, 0.2) is 5.82 Å². The Balaban J connectivity index is 3.02. The van der Waals surface area contributed by atoms with E-state index in [0.717, 1.165) is 0 Å². The summed E-state index contributed by atoms with van der Waals surface area (Å²) >= 11 is 0. The molecule has 0 saturated carbocycles. The van der Waals surface area contributed by atoms with E-state index in [4.69, 9.17) is 11.0 Å². The minimum Gasteiger partial charge on any atom is -0.383 e. The number of nitrogens with zero attached hydrogens (tertiary/aromatic N) is 3. The van der Waals surface area contributed by atoms with Crippen molar-refractivity contribution in [3.05, 3.63) is 5.56 Å². The fraction of sp³-hybridized carbons (Fsp3) is 0.600. The highest BCUT2D eigenvalue weighted by Crippen LogP contribution is 2.26. The molecule has 0 amide bonds. The van der Waals surface area contributed by atoms with Crippen LogP contribution in [0.25, 0.3) is 0 Å². The van der Waals surface area contributed by atoms with E-state index in [1.165, 1.54) is 4.68 Å². The largest absolute Gasteiger partial charge is 0.405 e. The zero-order chi connectivity index (χ0) is 13.9. The Bertz CT molecular complexity index is 457. The summed E-state index contributed by atoms with van der Waals surface area (Å²) in [5.74, 6) is -0.0517. The summed E-state index contributed by atoms with van der Waals surface area (Å²) < 4.78 is 37.7. The smallest absolute Gasteiger partial charge is 0.383 e. The van der Waals surface area contributed by atoms with Gasteiger partial charge < -0.3 is 11.1 Å². The molecule has 0 bridgehead atoms. The zero-order valence-electron chi connectivity index (χ0n) is 10.0. The van der Waals surface area contributed by atoms with Gasteiger partial charge in [-0.3, -0.25) is 0 Å². The molecule has 0 spiro atoms. The minimum atomic E-state index is -4.37.